The highest BCUT2D eigenvalue weighted by atomic mass is 19.4. The van der Waals surface area contributed by atoms with Crippen LogP contribution in [0.25, 0.3) is 5.57 Å². The molecule has 5 nitrogen and oxygen atoms in total. The third-order valence-corrected chi connectivity index (χ3v) is 5.27. The Labute approximate surface area is 170 Å². The lowest BCUT2D eigenvalue weighted by atomic mass is 9.97. The van der Waals surface area contributed by atoms with Crippen LogP contribution in [-0.2, 0) is 22.1 Å². The summed E-state index contributed by atoms with van der Waals surface area (Å²) in [6.07, 6.45) is -2.64. The average Bonchev–Trinajstić information content (AvgIpc) is 3.30. The summed E-state index contributed by atoms with van der Waals surface area (Å²) in [4.78, 5) is 22.8. The summed E-state index contributed by atoms with van der Waals surface area (Å²) in [6.45, 7) is 0.225. The maximum Gasteiger partial charge on any atom is 0.417 e. The Bertz CT molecular complexity index is 1060. The Balaban J connectivity index is 1.59. The molecule has 1 aliphatic carbocycles. The number of aldehydes is 1. The van der Waals surface area contributed by atoms with Gasteiger partial charge in [-0.15, -0.1) is 0 Å². The third kappa shape index (κ3) is 3.53. The van der Waals surface area contributed by atoms with Gasteiger partial charge in [-0.1, -0.05) is 6.07 Å². The highest BCUT2D eigenvalue weighted by Crippen LogP contribution is 2.43. The van der Waals surface area contributed by atoms with Gasteiger partial charge in [0.25, 0.3) is 0 Å². The molecule has 1 atom stereocenters. The fourth-order valence-electron chi connectivity index (χ4n) is 3.88. The maximum atomic E-state index is 13.2. The van der Waals surface area contributed by atoms with Crippen LogP contribution in [-0.4, -0.2) is 26.0 Å². The molecule has 4 rings (SSSR count). The lowest BCUT2D eigenvalue weighted by molar-refractivity contribution is -0.138. The lowest BCUT2D eigenvalue weighted by Crippen LogP contribution is -2.12. The van der Waals surface area contributed by atoms with Crippen LogP contribution in [0.2, 0.25) is 0 Å². The maximum absolute atomic E-state index is 13.2. The van der Waals surface area contributed by atoms with E-state index in [-0.39, 0.29) is 18.5 Å². The number of carbonyl (C=O) groups excluding carboxylic acids is 2. The van der Waals surface area contributed by atoms with E-state index < -0.39 is 23.8 Å². The number of alkyl halides is 3. The Kier molecular flexibility index (Phi) is 5.01. The van der Waals surface area contributed by atoms with Crippen molar-refractivity contribution in [2.75, 3.05) is 13.7 Å². The van der Waals surface area contributed by atoms with Gasteiger partial charge >= 0.3 is 12.1 Å². The smallest absolute Gasteiger partial charge is 0.417 e. The Morgan fingerprint density at radius 2 is 2.03 bits per heavy atom. The number of fused-ring (bicyclic) bond motifs is 2. The van der Waals surface area contributed by atoms with Crippen LogP contribution in [0.15, 0.2) is 36.4 Å². The van der Waals surface area contributed by atoms with Crippen molar-refractivity contribution in [3.63, 3.8) is 0 Å². The average molecular weight is 418 g/mol. The van der Waals surface area contributed by atoms with Gasteiger partial charge in [-0.25, -0.2) is 4.79 Å². The predicted octanol–water partition coefficient (Wildman–Crippen LogP) is 4.53. The SMILES string of the molecule is COC(=O)/C=C1\COc2cc(O[C@@H]3CCc4c3ccc(C(F)(F)F)c4C=O)ccc21. The van der Waals surface area contributed by atoms with Crippen LogP contribution < -0.4 is 9.47 Å². The van der Waals surface area contributed by atoms with Crippen molar-refractivity contribution >= 4 is 17.8 Å². The highest BCUT2D eigenvalue weighted by molar-refractivity contribution is 5.93. The van der Waals surface area contributed by atoms with Gasteiger partial charge in [-0.05, 0) is 42.2 Å². The van der Waals surface area contributed by atoms with Crippen molar-refractivity contribution < 1.29 is 37.0 Å². The first kappa shape index (κ1) is 20.0. The van der Waals surface area contributed by atoms with Crippen molar-refractivity contribution in [3.8, 4) is 11.5 Å². The van der Waals surface area contributed by atoms with E-state index >= 15 is 0 Å². The number of carbonyl (C=O) groups is 2. The molecule has 1 heterocycles. The van der Waals surface area contributed by atoms with Crippen molar-refractivity contribution in [3.05, 3.63) is 64.2 Å². The molecule has 0 spiro atoms. The van der Waals surface area contributed by atoms with Crippen molar-refractivity contribution in [2.45, 2.75) is 25.1 Å². The minimum absolute atomic E-state index is 0.225. The van der Waals surface area contributed by atoms with E-state index in [1.54, 1.807) is 18.2 Å². The van der Waals surface area contributed by atoms with Crippen molar-refractivity contribution in [1.82, 2.24) is 0 Å². The molecule has 0 aromatic heterocycles. The van der Waals surface area contributed by atoms with Gasteiger partial charge in [0.05, 0.1) is 12.7 Å². The normalized spacial score (nSPS) is 18.5. The number of esters is 1. The molecule has 0 amide bonds. The Morgan fingerprint density at radius 1 is 1.23 bits per heavy atom. The summed E-state index contributed by atoms with van der Waals surface area (Å²) in [5.74, 6) is 0.550. The van der Waals surface area contributed by atoms with E-state index in [2.05, 4.69) is 4.74 Å². The fraction of sp³-hybridized carbons (Fsp3) is 0.273. The van der Waals surface area contributed by atoms with Crippen LogP contribution in [0.4, 0.5) is 13.2 Å². The van der Waals surface area contributed by atoms with Gasteiger partial charge in [-0.2, -0.15) is 13.2 Å². The van der Waals surface area contributed by atoms with E-state index in [9.17, 15) is 22.8 Å². The molecule has 0 N–H and O–H groups in total. The molecule has 0 saturated carbocycles. The van der Waals surface area contributed by atoms with Gasteiger partial charge < -0.3 is 14.2 Å². The molecule has 156 valence electrons. The first-order valence-corrected chi connectivity index (χ1v) is 9.22. The molecule has 8 heteroatoms. The number of halogens is 3. The number of hydrogen-bond donors (Lipinski definition) is 0. The first-order chi connectivity index (χ1) is 14.3. The Morgan fingerprint density at radius 3 is 2.73 bits per heavy atom. The standard InChI is InChI=1S/C22H17F3O5/c1-28-21(27)8-12-11-29-20-9-13(2-3-14(12)20)30-19-7-5-15-16(19)4-6-18(17(15)10-26)22(23,24)25/h2-4,6,8-10,19H,5,7,11H2,1H3/b12-8+/t19-/m1/s1. The molecular formula is C22H17F3O5. The molecule has 2 aromatic rings. The van der Waals surface area contributed by atoms with Crippen LogP contribution in [0.3, 0.4) is 0 Å². The van der Waals surface area contributed by atoms with Crippen LogP contribution in [0.5, 0.6) is 11.5 Å². The number of ether oxygens (including phenoxy) is 3. The largest absolute Gasteiger partial charge is 0.488 e. The van der Waals surface area contributed by atoms with E-state index in [1.165, 1.54) is 19.3 Å². The monoisotopic (exact) mass is 418 g/mol. The number of hydrogen-bond acceptors (Lipinski definition) is 5. The molecule has 0 saturated heterocycles. The van der Waals surface area contributed by atoms with Crippen LogP contribution >= 0.6 is 0 Å². The fourth-order valence-corrected chi connectivity index (χ4v) is 3.88. The molecule has 0 bridgehead atoms. The predicted molar refractivity (Wildman–Crippen MR) is 100 cm³/mol. The molecule has 0 unspecified atom stereocenters. The summed E-state index contributed by atoms with van der Waals surface area (Å²) in [5.41, 5.74) is 1.15. The minimum Gasteiger partial charge on any atom is -0.488 e. The number of rotatable bonds is 4. The zero-order valence-corrected chi connectivity index (χ0v) is 15.9. The summed E-state index contributed by atoms with van der Waals surface area (Å²) < 4.78 is 55.7. The summed E-state index contributed by atoms with van der Waals surface area (Å²) in [5, 5.41) is 0. The molecule has 1 aliphatic heterocycles. The van der Waals surface area contributed by atoms with E-state index in [0.717, 1.165) is 11.6 Å². The quantitative estimate of drug-likeness (QED) is 0.415. The second-order valence-corrected chi connectivity index (χ2v) is 6.99. The van der Waals surface area contributed by atoms with Gasteiger partial charge in [0.15, 0.2) is 6.29 Å². The minimum atomic E-state index is -4.59. The van der Waals surface area contributed by atoms with Gasteiger partial charge in [-0.3, -0.25) is 4.79 Å². The zero-order valence-electron chi connectivity index (χ0n) is 15.9. The molecular weight excluding hydrogens is 401 g/mol. The number of methoxy groups -OCH3 is 1. The van der Waals surface area contributed by atoms with E-state index in [4.69, 9.17) is 9.47 Å². The highest BCUT2D eigenvalue weighted by Gasteiger charge is 2.37. The topological polar surface area (TPSA) is 61.8 Å². The number of benzene rings is 2. The van der Waals surface area contributed by atoms with Gasteiger partial charge in [0.1, 0.15) is 24.2 Å². The van der Waals surface area contributed by atoms with Crippen molar-refractivity contribution in [2.24, 2.45) is 0 Å². The second kappa shape index (κ2) is 7.51. The van der Waals surface area contributed by atoms with Crippen LogP contribution in [0.1, 0.15) is 45.1 Å². The molecule has 0 radical (unpaired) electrons. The molecule has 0 fully saturated rings. The Hall–Kier alpha value is -3.29. The molecule has 2 aromatic carbocycles. The van der Waals surface area contributed by atoms with E-state index in [0.29, 0.717) is 41.0 Å². The third-order valence-electron chi connectivity index (χ3n) is 5.27. The lowest BCUT2D eigenvalue weighted by Gasteiger charge is -2.17. The molecule has 30 heavy (non-hydrogen) atoms. The van der Waals surface area contributed by atoms with Gasteiger partial charge in [0.2, 0.25) is 0 Å². The van der Waals surface area contributed by atoms with Gasteiger partial charge in [0, 0.05) is 28.8 Å². The van der Waals surface area contributed by atoms with Crippen molar-refractivity contribution in [1.29, 1.82) is 0 Å². The van der Waals surface area contributed by atoms with E-state index in [1.807, 2.05) is 0 Å². The second-order valence-electron chi connectivity index (χ2n) is 6.99. The zero-order chi connectivity index (χ0) is 21.5. The first-order valence-electron chi connectivity index (χ1n) is 9.22. The summed E-state index contributed by atoms with van der Waals surface area (Å²) >= 11 is 0. The summed E-state index contributed by atoms with van der Waals surface area (Å²) in [7, 11) is 1.29. The molecule has 2 aliphatic rings. The van der Waals surface area contributed by atoms with Crippen LogP contribution in [0, 0.1) is 0 Å². The summed E-state index contributed by atoms with van der Waals surface area (Å²) in [6, 6.07) is 7.45.